The van der Waals surface area contributed by atoms with E-state index < -0.39 is 9.84 Å². The average molecular weight is 184 g/mol. The molecule has 0 heterocycles. The van der Waals surface area contributed by atoms with Crippen LogP contribution < -0.4 is 5.73 Å². The first-order valence-electron chi connectivity index (χ1n) is 3.48. The molecule has 0 bridgehead atoms. The molecule has 0 aliphatic heterocycles. The first-order chi connectivity index (χ1) is 5.67. The number of rotatable bonds is 3. The second-order valence-electron chi connectivity index (χ2n) is 2.33. The van der Waals surface area contributed by atoms with Gasteiger partial charge in [-0.15, -0.1) is 0 Å². The minimum Gasteiger partial charge on any atom is -0.325 e. The van der Waals surface area contributed by atoms with Crippen LogP contribution in [0.4, 0.5) is 0 Å². The van der Waals surface area contributed by atoms with Crippen LogP contribution in [-0.4, -0.2) is 14.2 Å². The molecule has 0 unspecified atom stereocenters. The van der Waals surface area contributed by atoms with E-state index in [1.165, 1.54) is 0 Å². The molecule has 0 amide bonds. The van der Waals surface area contributed by atoms with Gasteiger partial charge in [-0.2, -0.15) is 0 Å². The highest BCUT2D eigenvalue weighted by molar-refractivity contribution is 7.91. The molecule has 0 saturated carbocycles. The first kappa shape index (κ1) is 9.22. The highest BCUT2D eigenvalue weighted by Crippen LogP contribution is 2.09. The molecule has 1 radical (unpaired) electrons. The van der Waals surface area contributed by atoms with Crippen molar-refractivity contribution in [1.29, 1.82) is 0 Å². The molecule has 0 fully saturated rings. The second-order valence-corrected chi connectivity index (χ2v) is 4.36. The lowest BCUT2D eigenvalue weighted by Crippen LogP contribution is -2.10. The van der Waals surface area contributed by atoms with Crippen LogP contribution in [-0.2, 0) is 9.84 Å². The van der Waals surface area contributed by atoms with Gasteiger partial charge >= 0.3 is 0 Å². The van der Waals surface area contributed by atoms with E-state index in [1.54, 1.807) is 30.3 Å². The van der Waals surface area contributed by atoms with Crippen LogP contribution >= 0.6 is 0 Å². The van der Waals surface area contributed by atoms with E-state index in [4.69, 9.17) is 5.73 Å². The Labute approximate surface area is 72.1 Å². The summed E-state index contributed by atoms with van der Waals surface area (Å²) >= 11 is 0. The zero-order chi connectivity index (χ0) is 9.03. The molecule has 0 aliphatic carbocycles. The van der Waals surface area contributed by atoms with Crippen molar-refractivity contribution in [2.75, 3.05) is 5.75 Å². The van der Waals surface area contributed by atoms with Crippen molar-refractivity contribution in [3.8, 4) is 0 Å². The summed E-state index contributed by atoms with van der Waals surface area (Å²) in [5, 5.41) is 0. The molecule has 4 heteroatoms. The Morgan fingerprint density at radius 3 is 2.33 bits per heavy atom. The molecule has 1 rings (SSSR count). The molecule has 0 spiro atoms. The van der Waals surface area contributed by atoms with Crippen molar-refractivity contribution in [2.24, 2.45) is 5.73 Å². The molecule has 3 nitrogen and oxygen atoms in total. The highest BCUT2D eigenvalue weighted by Gasteiger charge is 2.11. The minimum atomic E-state index is -3.19. The predicted molar refractivity (Wildman–Crippen MR) is 47.0 cm³/mol. The van der Waals surface area contributed by atoms with Crippen molar-refractivity contribution >= 4 is 9.84 Å². The van der Waals surface area contributed by atoms with Crippen LogP contribution in [0.3, 0.4) is 0 Å². The van der Waals surface area contributed by atoms with Gasteiger partial charge in [0.25, 0.3) is 0 Å². The highest BCUT2D eigenvalue weighted by atomic mass is 32.2. The Morgan fingerprint density at radius 1 is 1.25 bits per heavy atom. The van der Waals surface area contributed by atoms with Gasteiger partial charge in [0, 0.05) is 6.54 Å². The minimum absolute atomic E-state index is 0.114. The van der Waals surface area contributed by atoms with Crippen molar-refractivity contribution < 1.29 is 8.42 Å². The van der Waals surface area contributed by atoms with Gasteiger partial charge in [-0.3, -0.25) is 0 Å². The molecule has 12 heavy (non-hydrogen) atoms. The molecular formula is C8H10NO2S. The van der Waals surface area contributed by atoms with Gasteiger partial charge in [-0.1, -0.05) is 18.2 Å². The Morgan fingerprint density at radius 2 is 1.83 bits per heavy atom. The molecule has 0 aromatic heterocycles. The first-order valence-corrected chi connectivity index (χ1v) is 5.13. The van der Waals surface area contributed by atoms with Crippen LogP contribution in [0, 0.1) is 6.54 Å². The van der Waals surface area contributed by atoms with Crippen molar-refractivity contribution in [3.05, 3.63) is 36.9 Å². The summed E-state index contributed by atoms with van der Waals surface area (Å²) in [5.41, 5.74) is 5.05. The summed E-state index contributed by atoms with van der Waals surface area (Å²) < 4.78 is 22.6. The van der Waals surface area contributed by atoms with Crippen molar-refractivity contribution in [1.82, 2.24) is 0 Å². The number of hydrogen-bond acceptors (Lipinski definition) is 3. The SMILES string of the molecule is N[CH]CS(=O)(=O)c1ccccc1. The third-order valence-corrected chi connectivity index (χ3v) is 3.04. The molecule has 0 aliphatic rings. The van der Waals surface area contributed by atoms with Crippen LogP contribution in [0.1, 0.15) is 0 Å². The zero-order valence-electron chi connectivity index (χ0n) is 6.47. The van der Waals surface area contributed by atoms with Crippen LogP contribution in [0.15, 0.2) is 35.2 Å². The van der Waals surface area contributed by atoms with E-state index in [0.29, 0.717) is 4.90 Å². The van der Waals surface area contributed by atoms with Crippen molar-refractivity contribution in [3.63, 3.8) is 0 Å². The Bertz CT molecular complexity index is 331. The van der Waals surface area contributed by atoms with Crippen molar-refractivity contribution in [2.45, 2.75) is 4.90 Å². The maximum Gasteiger partial charge on any atom is 0.179 e. The summed E-state index contributed by atoms with van der Waals surface area (Å²) in [6.45, 7) is 1.14. The standard InChI is InChI=1S/C8H10NO2S/c9-6-7-12(10,11)8-4-2-1-3-5-8/h1-6H,7,9H2. The number of hydrogen-bond donors (Lipinski definition) is 1. The second kappa shape index (κ2) is 3.69. The van der Waals surface area contributed by atoms with Gasteiger partial charge in [0.2, 0.25) is 0 Å². The Balaban J connectivity index is 2.99. The van der Waals surface area contributed by atoms with Gasteiger partial charge in [0.05, 0.1) is 10.6 Å². The Hall–Kier alpha value is -0.870. The fourth-order valence-electron chi connectivity index (χ4n) is 0.851. The molecular weight excluding hydrogens is 174 g/mol. The lowest BCUT2D eigenvalue weighted by atomic mass is 10.4. The average Bonchev–Trinajstić information content (AvgIpc) is 2.06. The smallest absolute Gasteiger partial charge is 0.179 e. The number of benzene rings is 1. The maximum absolute atomic E-state index is 11.3. The van der Waals surface area contributed by atoms with Crippen LogP contribution in [0.2, 0.25) is 0 Å². The van der Waals surface area contributed by atoms with Crippen LogP contribution in [0.5, 0.6) is 0 Å². The molecule has 65 valence electrons. The summed E-state index contributed by atoms with van der Waals surface area (Å²) in [5.74, 6) is -0.114. The summed E-state index contributed by atoms with van der Waals surface area (Å²) in [6.07, 6.45) is 0. The van der Waals surface area contributed by atoms with Gasteiger partial charge in [-0.25, -0.2) is 8.42 Å². The van der Waals surface area contributed by atoms with Gasteiger partial charge in [0.1, 0.15) is 0 Å². The molecule has 0 saturated heterocycles. The topological polar surface area (TPSA) is 60.2 Å². The largest absolute Gasteiger partial charge is 0.325 e. The van der Waals surface area contributed by atoms with Gasteiger partial charge in [-0.05, 0) is 12.1 Å². The summed E-state index contributed by atoms with van der Waals surface area (Å²) in [6, 6.07) is 8.25. The maximum atomic E-state index is 11.3. The Kier molecular flexibility index (Phi) is 2.83. The summed E-state index contributed by atoms with van der Waals surface area (Å²) in [7, 11) is -3.19. The van der Waals surface area contributed by atoms with Gasteiger partial charge in [0.15, 0.2) is 9.84 Å². The third kappa shape index (κ3) is 2.06. The molecule has 2 N–H and O–H groups in total. The molecule has 1 aromatic rings. The van der Waals surface area contributed by atoms with E-state index in [9.17, 15) is 8.42 Å². The van der Waals surface area contributed by atoms with E-state index in [2.05, 4.69) is 0 Å². The summed E-state index contributed by atoms with van der Waals surface area (Å²) in [4.78, 5) is 0.312. The predicted octanol–water partition coefficient (Wildman–Crippen LogP) is 0.581. The lowest BCUT2D eigenvalue weighted by Gasteiger charge is -2.00. The van der Waals surface area contributed by atoms with E-state index in [0.717, 1.165) is 6.54 Å². The number of sulfone groups is 1. The quantitative estimate of drug-likeness (QED) is 0.747. The number of nitrogens with two attached hydrogens (primary N) is 1. The monoisotopic (exact) mass is 184 g/mol. The van der Waals surface area contributed by atoms with Crippen LogP contribution in [0.25, 0.3) is 0 Å². The van der Waals surface area contributed by atoms with E-state index in [1.807, 2.05) is 0 Å². The zero-order valence-corrected chi connectivity index (χ0v) is 7.29. The van der Waals surface area contributed by atoms with E-state index in [-0.39, 0.29) is 5.75 Å². The molecule has 1 aromatic carbocycles. The normalized spacial score (nSPS) is 11.4. The third-order valence-electron chi connectivity index (χ3n) is 1.42. The molecule has 0 atom stereocenters. The fourth-order valence-corrected chi connectivity index (χ4v) is 1.87. The van der Waals surface area contributed by atoms with E-state index >= 15 is 0 Å². The van der Waals surface area contributed by atoms with Gasteiger partial charge < -0.3 is 5.73 Å². The fraction of sp³-hybridized carbons (Fsp3) is 0.125. The lowest BCUT2D eigenvalue weighted by molar-refractivity contribution is 0.598.